The van der Waals surface area contributed by atoms with Crippen LogP contribution in [0.5, 0.6) is 0 Å². The van der Waals surface area contributed by atoms with Gasteiger partial charge in [0.1, 0.15) is 0 Å². The molecule has 0 saturated carbocycles. The summed E-state index contributed by atoms with van der Waals surface area (Å²) in [5, 5.41) is 13.2. The molecule has 0 aromatic rings. The lowest BCUT2D eigenvalue weighted by atomic mass is 9.82. The number of hydrogen-bond acceptors (Lipinski definition) is 3. The number of nitrogens with one attached hydrogen (secondary N) is 1. The summed E-state index contributed by atoms with van der Waals surface area (Å²) >= 11 is 0. The highest BCUT2D eigenvalue weighted by Gasteiger charge is 2.33. The van der Waals surface area contributed by atoms with Crippen molar-refractivity contribution < 1.29 is 9.72 Å². The highest BCUT2D eigenvalue weighted by atomic mass is 16.6. The van der Waals surface area contributed by atoms with Crippen LogP contribution in [-0.2, 0) is 4.79 Å². The van der Waals surface area contributed by atoms with Gasteiger partial charge in [0.25, 0.3) is 5.70 Å². The van der Waals surface area contributed by atoms with Gasteiger partial charge in [-0.2, -0.15) is 0 Å². The number of carbonyl (C=O) groups excluding carboxylic acids is 1. The maximum absolute atomic E-state index is 11.4. The quantitative estimate of drug-likeness (QED) is 0.487. The molecule has 5 heteroatoms. The van der Waals surface area contributed by atoms with Gasteiger partial charge in [-0.3, -0.25) is 14.9 Å². The highest BCUT2D eigenvalue weighted by Crippen LogP contribution is 2.28. The van der Waals surface area contributed by atoms with Crippen molar-refractivity contribution in [1.29, 1.82) is 0 Å². The Hall–Kier alpha value is -1.65. The third kappa shape index (κ3) is 1.41. The number of rotatable bonds is 1. The molecule has 1 aliphatic carbocycles. The van der Waals surface area contributed by atoms with E-state index >= 15 is 0 Å². The van der Waals surface area contributed by atoms with E-state index in [1.807, 2.05) is 0 Å². The second kappa shape index (κ2) is 3.25. The minimum atomic E-state index is -0.464. The Kier molecular flexibility index (Phi) is 2.07. The summed E-state index contributed by atoms with van der Waals surface area (Å²) in [6.45, 7) is 0.659. The molecule has 1 saturated heterocycles. The van der Waals surface area contributed by atoms with Gasteiger partial charge < -0.3 is 5.32 Å². The lowest BCUT2D eigenvalue weighted by Gasteiger charge is -2.28. The normalized spacial score (nSPS) is 30.3. The molecule has 74 valence electrons. The number of nitro groups is 1. The summed E-state index contributed by atoms with van der Waals surface area (Å²) in [5.74, 6) is -0.327. The molecule has 2 atom stereocenters. The number of carbonyl (C=O) groups is 1. The molecular weight excluding hydrogens is 184 g/mol. The summed E-state index contributed by atoms with van der Waals surface area (Å²) in [4.78, 5) is 21.4. The summed E-state index contributed by atoms with van der Waals surface area (Å²) in [5.41, 5.74) is 0.0169. The van der Waals surface area contributed by atoms with Crippen molar-refractivity contribution in [3.63, 3.8) is 0 Å². The predicted octanol–water partition coefficient (Wildman–Crippen LogP) is 0.469. The van der Waals surface area contributed by atoms with Crippen LogP contribution < -0.4 is 5.32 Å². The minimum absolute atomic E-state index is 0.0169. The number of fused-ring (bicyclic) bond motifs is 1. The van der Waals surface area contributed by atoms with Crippen molar-refractivity contribution in [2.45, 2.75) is 6.42 Å². The molecule has 1 amide bonds. The van der Waals surface area contributed by atoms with E-state index < -0.39 is 4.92 Å². The number of allylic oxidation sites excluding steroid dienone is 2. The van der Waals surface area contributed by atoms with Gasteiger partial charge in [0, 0.05) is 18.7 Å². The molecule has 0 radical (unpaired) electrons. The zero-order chi connectivity index (χ0) is 10.1. The number of amides is 1. The van der Waals surface area contributed by atoms with Gasteiger partial charge in [-0.1, -0.05) is 6.08 Å². The molecule has 5 nitrogen and oxygen atoms in total. The first kappa shape index (κ1) is 8.93. The molecule has 1 aliphatic heterocycles. The Balaban J connectivity index is 2.26. The first-order valence-electron chi connectivity index (χ1n) is 4.50. The molecule has 2 aliphatic rings. The van der Waals surface area contributed by atoms with Crippen LogP contribution >= 0.6 is 0 Å². The molecule has 0 spiro atoms. The topological polar surface area (TPSA) is 72.2 Å². The van der Waals surface area contributed by atoms with Gasteiger partial charge in [-0.15, -0.1) is 0 Å². The number of piperidine rings is 1. The van der Waals surface area contributed by atoms with Crippen LogP contribution in [0.3, 0.4) is 0 Å². The molecule has 0 aromatic carbocycles. The number of hydrogen-bond donors (Lipinski definition) is 1. The molecule has 2 rings (SSSR count). The van der Waals surface area contributed by atoms with Crippen molar-refractivity contribution in [3.05, 3.63) is 34.0 Å². The Morgan fingerprint density at radius 1 is 1.57 bits per heavy atom. The van der Waals surface area contributed by atoms with Crippen LogP contribution in [0.25, 0.3) is 0 Å². The van der Waals surface area contributed by atoms with Crippen LogP contribution in [0.1, 0.15) is 6.42 Å². The molecule has 1 fully saturated rings. The molecule has 14 heavy (non-hydrogen) atoms. The number of nitrogens with zero attached hydrogens (tertiary/aromatic N) is 1. The molecule has 1 heterocycles. The van der Waals surface area contributed by atoms with Crippen molar-refractivity contribution in [2.24, 2.45) is 11.8 Å². The van der Waals surface area contributed by atoms with E-state index in [1.165, 1.54) is 12.2 Å². The second-order valence-corrected chi connectivity index (χ2v) is 3.48. The van der Waals surface area contributed by atoms with E-state index in [0.29, 0.717) is 6.54 Å². The Morgan fingerprint density at radius 3 is 3.07 bits per heavy atom. The average Bonchev–Trinajstić information content (AvgIpc) is 2.18. The maximum Gasteiger partial charge on any atom is 0.265 e. The molecule has 0 unspecified atom stereocenters. The van der Waals surface area contributed by atoms with E-state index in [-0.39, 0.29) is 23.4 Å². The van der Waals surface area contributed by atoms with Gasteiger partial charge in [0.05, 0.1) is 10.8 Å². The fraction of sp³-hybridized carbons (Fsp3) is 0.444. The third-order valence-corrected chi connectivity index (χ3v) is 2.62. The van der Waals surface area contributed by atoms with Crippen LogP contribution in [0.2, 0.25) is 0 Å². The Labute approximate surface area is 80.6 Å². The average molecular weight is 194 g/mol. The van der Waals surface area contributed by atoms with Gasteiger partial charge in [0.2, 0.25) is 5.91 Å². The van der Waals surface area contributed by atoms with Gasteiger partial charge in [-0.05, 0) is 12.3 Å². The fourth-order valence-electron chi connectivity index (χ4n) is 1.85. The standard InChI is InChI=1S/C9H10N2O3/c12-9-8-5-7(11(13)14)2-1-6(8)3-4-10-9/h1-2,5-6,8H,3-4H2,(H,10,12)/t6-,8-/m0/s1. The lowest BCUT2D eigenvalue weighted by molar-refractivity contribution is -0.419. The summed E-state index contributed by atoms with van der Waals surface area (Å²) in [6, 6.07) is 0. The summed E-state index contributed by atoms with van der Waals surface area (Å²) in [6.07, 6.45) is 5.55. The summed E-state index contributed by atoms with van der Waals surface area (Å²) < 4.78 is 0. The van der Waals surface area contributed by atoms with Crippen LogP contribution in [-0.4, -0.2) is 17.4 Å². The van der Waals surface area contributed by atoms with E-state index in [2.05, 4.69) is 5.32 Å². The van der Waals surface area contributed by atoms with Crippen molar-refractivity contribution >= 4 is 5.91 Å². The Morgan fingerprint density at radius 2 is 2.36 bits per heavy atom. The predicted molar refractivity (Wildman–Crippen MR) is 48.8 cm³/mol. The van der Waals surface area contributed by atoms with E-state index in [0.717, 1.165) is 6.42 Å². The SMILES string of the molecule is O=C1NCC[C@@H]2C=CC([N+](=O)[O-])=C[C@H]12. The highest BCUT2D eigenvalue weighted by molar-refractivity contribution is 5.82. The van der Waals surface area contributed by atoms with Gasteiger partial charge in [0.15, 0.2) is 0 Å². The van der Waals surface area contributed by atoms with Crippen LogP contribution in [0.4, 0.5) is 0 Å². The zero-order valence-electron chi connectivity index (χ0n) is 7.47. The van der Waals surface area contributed by atoms with Crippen LogP contribution in [0, 0.1) is 22.0 Å². The van der Waals surface area contributed by atoms with E-state index in [4.69, 9.17) is 0 Å². The fourth-order valence-corrected chi connectivity index (χ4v) is 1.85. The Bertz CT molecular complexity index is 346. The van der Waals surface area contributed by atoms with Crippen molar-refractivity contribution in [1.82, 2.24) is 5.32 Å². The molecule has 1 N–H and O–H groups in total. The van der Waals surface area contributed by atoms with Crippen molar-refractivity contribution in [2.75, 3.05) is 6.54 Å². The first-order valence-corrected chi connectivity index (χ1v) is 4.50. The zero-order valence-corrected chi connectivity index (χ0v) is 7.47. The van der Waals surface area contributed by atoms with Crippen molar-refractivity contribution in [3.8, 4) is 0 Å². The molecule has 0 bridgehead atoms. The van der Waals surface area contributed by atoms with Gasteiger partial charge >= 0.3 is 0 Å². The molecular formula is C9H10N2O3. The monoisotopic (exact) mass is 194 g/mol. The van der Waals surface area contributed by atoms with Gasteiger partial charge in [-0.25, -0.2) is 0 Å². The molecule has 0 aromatic heterocycles. The maximum atomic E-state index is 11.4. The van der Waals surface area contributed by atoms with Crippen LogP contribution in [0.15, 0.2) is 23.9 Å². The minimum Gasteiger partial charge on any atom is -0.356 e. The largest absolute Gasteiger partial charge is 0.356 e. The first-order chi connectivity index (χ1) is 6.68. The van der Waals surface area contributed by atoms with E-state index in [1.54, 1.807) is 6.08 Å². The second-order valence-electron chi connectivity index (χ2n) is 3.48. The smallest absolute Gasteiger partial charge is 0.265 e. The van der Waals surface area contributed by atoms with E-state index in [9.17, 15) is 14.9 Å². The summed E-state index contributed by atoms with van der Waals surface area (Å²) in [7, 11) is 0. The third-order valence-electron chi connectivity index (χ3n) is 2.62. The lowest BCUT2D eigenvalue weighted by Crippen LogP contribution is -2.41.